The van der Waals surface area contributed by atoms with Crippen molar-refractivity contribution in [1.82, 2.24) is 4.90 Å². The summed E-state index contributed by atoms with van der Waals surface area (Å²) in [5.41, 5.74) is 5.58. The fourth-order valence-electron chi connectivity index (χ4n) is 1.63. The number of carbonyl (C=O) groups excluding carboxylic acids is 2. The van der Waals surface area contributed by atoms with Crippen molar-refractivity contribution in [2.45, 2.75) is 13.0 Å². The summed E-state index contributed by atoms with van der Waals surface area (Å²) in [6, 6.07) is -0.505. The molecule has 6 nitrogen and oxygen atoms in total. The smallest absolute Gasteiger partial charge is 0.334 e. The number of nitrogens with zero attached hydrogens (tertiary/aromatic N) is 1. The Kier molecular flexibility index (Phi) is 5.11. The number of hydrogen-bond acceptors (Lipinski definition) is 5. The molecular formula is C11H18N2O4. The van der Waals surface area contributed by atoms with Gasteiger partial charge in [0.2, 0.25) is 5.91 Å². The number of primary amides is 1. The predicted octanol–water partition coefficient (Wildman–Crippen LogP) is -0.708. The molecule has 17 heavy (non-hydrogen) atoms. The van der Waals surface area contributed by atoms with Gasteiger partial charge in [-0.2, -0.15) is 0 Å². The molecule has 0 saturated carbocycles. The number of ether oxygens (including phenoxy) is 2. The standard InChI is InChI=1S/C11H18N2O4/c1-3-17-11(15)8(2)6-13-4-5-16-7-9(13)10(12)14/h9H,2-7H2,1H3,(H2,12,14). The first-order valence-electron chi connectivity index (χ1n) is 5.52. The van der Waals surface area contributed by atoms with Gasteiger partial charge in [0.1, 0.15) is 6.04 Å². The lowest BCUT2D eigenvalue weighted by molar-refractivity contribution is -0.140. The Balaban J connectivity index is 2.55. The summed E-state index contributed by atoms with van der Waals surface area (Å²) < 4.78 is 10.0. The van der Waals surface area contributed by atoms with E-state index in [0.717, 1.165) is 0 Å². The molecular weight excluding hydrogens is 224 g/mol. The molecule has 0 aromatic carbocycles. The van der Waals surface area contributed by atoms with Crippen LogP contribution in [0.4, 0.5) is 0 Å². The Bertz CT molecular complexity index is 317. The maximum atomic E-state index is 11.4. The average molecular weight is 242 g/mol. The Morgan fingerprint density at radius 1 is 1.59 bits per heavy atom. The molecule has 2 N–H and O–H groups in total. The van der Waals surface area contributed by atoms with Crippen molar-refractivity contribution >= 4 is 11.9 Å². The molecule has 96 valence electrons. The topological polar surface area (TPSA) is 81.9 Å². The van der Waals surface area contributed by atoms with Crippen molar-refractivity contribution in [2.24, 2.45) is 5.73 Å². The third-order valence-electron chi connectivity index (χ3n) is 2.53. The van der Waals surface area contributed by atoms with Crippen molar-refractivity contribution < 1.29 is 19.1 Å². The quantitative estimate of drug-likeness (QED) is 0.509. The highest BCUT2D eigenvalue weighted by atomic mass is 16.5. The van der Waals surface area contributed by atoms with Gasteiger partial charge < -0.3 is 15.2 Å². The highest BCUT2D eigenvalue weighted by Crippen LogP contribution is 2.09. The summed E-state index contributed by atoms with van der Waals surface area (Å²) in [6.45, 7) is 7.28. The van der Waals surface area contributed by atoms with E-state index in [0.29, 0.717) is 25.3 Å². The van der Waals surface area contributed by atoms with Gasteiger partial charge in [-0.1, -0.05) is 6.58 Å². The fraction of sp³-hybridized carbons (Fsp3) is 0.636. The summed E-state index contributed by atoms with van der Waals surface area (Å²) >= 11 is 0. The van der Waals surface area contributed by atoms with E-state index in [-0.39, 0.29) is 13.2 Å². The molecule has 0 bridgehead atoms. The highest BCUT2D eigenvalue weighted by Gasteiger charge is 2.28. The van der Waals surface area contributed by atoms with Crippen LogP contribution in [-0.4, -0.2) is 55.7 Å². The molecule has 1 atom stereocenters. The van der Waals surface area contributed by atoms with E-state index in [2.05, 4.69) is 6.58 Å². The lowest BCUT2D eigenvalue weighted by atomic mass is 10.2. The second-order valence-electron chi connectivity index (χ2n) is 3.79. The SMILES string of the molecule is C=C(CN1CCOCC1C(N)=O)C(=O)OCC. The Morgan fingerprint density at radius 3 is 2.88 bits per heavy atom. The molecule has 1 heterocycles. The molecule has 0 aliphatic carbocycles. The van der Waals surface area contributed by atoms with E-state index in [9.17, 15) is 9.59 Å². The van der Waals surface area contributed by atoms with Crippen LogP contribution in [0.2, 0.25) is 0 Å². The lowest BCUT2D eigenvalue weighted by Crippen LogP contribution is -2.53. The van der Waals surface area contributed by atoms with Crippen molar-refractivity contribution in [3.05, 3.63) is 12.2 Å². The maximum Gasteiger partial charge on any atom is 0.334 e. The van der Waals surface area contributed by atoms with E-state index in [1.165, 1.54) is 0 Å². The highest BCUT2D eigenvalue weighted by molar-refractivity contribution is 5.88. The first-order valence-corrected chi connectivity index (χ1v) is 5.52. The maximum absolute atomic E-state index is 11.4. The molecule has 1 aliphatic rings. The van der Waals surface area contributed by atoms with E-state index in [1.54, 1.807) is 11.8 Å². The Hall–Kier alpha value is -1.40. The van der Waals surface area contributed by atoms with Gasteiger partial charge >= 0.3 is 5.97 Å². The van der Waals surface area contributed by atoms with Gasteiger partial charge in [0.15, 0.2) is 0 Å². The van der Waals surface area contributed by atoms with Crippen LogP contribution in [0.25, 0.3) is 0 Å². The van der Waals surface area contributed by atoms with Crippen LogP contribution in [0, 0.1) is 0 Å². The minimum atomic E-state index is -0.505. The molecule has 1 aliphatic heterocycles. The molecule has 0 spiro atoms. The van der Waals surface area contributed by atoms with Crippen LogP contribution in [0.3, 0.4) is 0 Å². The van der Waals surface area contributed by atoms with Gasteiger partial charge in [-0.15, -0.1) is 0 Å². The molecule has 0 aromatic heterocycles. The largest absolute Gasteiger partial charge is 0.463 e. The van der Waals surface area contributed by atoms with Crippen molar-refractivity contribution in [2.75, 3.05) is 32.9 Å². The third-order valence-corrected chi connectivity index (χ3v) is 2.53. The van der Waals surface area contributed by atoms with Crippen molar-refractivity contribution in [3.63, 3.8) is 0 Å². The number of morpholine rings is 1. The molecule has 0 aromatic rings. The van der Waals surface area contributed by atoms with E-state index >= 15 is 0 Å². The first kappa shape index (κ1) is 13.7. The van der Waals surface area contributed by atoms with E-state index in [4.69, 9.17) is 15.2 Å². The van der Waals surface area contributed by atoms with E-state index in [1.807, 2.05) is 0 Å². The number of esters is 1. The first-order chi connectivity index (χ1) is 8.06. The molecule has 1 amide bonds. The minimum Gasteiger partial charge on any atom is -0.463 e. The summed E-state index contributed by atoms with van der Waals surface area (Å²) in [6.07, 6.45) is 0. The predicted molar refractivity (Wildman–Crippen MR) is 61.1 cm³/mol. The molecule has 1 unspecified atom stereocenters. The Labute approximate surface area is 100 Å². The fourth-order valence-corrected chi connectivity index (χ4v) is 1.63. The number of rotatable bonds is 5. The van der Waals surface area contributed by atoms with Crippen molar-refractivity contribution in [1.29, 1.82) is 0 Å². The van der Waals surface area contributed by atoms with E-state index < -0.39 is 17.9 Å². The second-order valence-corrected chi connectivity index (χ2v) is 3.79. The summed E-state index contributed by atoms with van der Waals surface area (Å²) in [5, 5.41) is 0. The van der Waals surface area contributed by atoms with Crippen molar-refractivity contribution in [3.8, 4) is 0 Å². The van der Waals surface area contributed by atoms with Crippen LogP contribution in [0.1, 0.15) is 6.92 Å². The summed E-state index contributed by atoms with van der Waals surface area (Å²) in [4.78, 5) is 24.4. The summed E-state index contributed by atoms with van der Waals surface area (Å²) in [5.74, 6) is -0.899. The van der Waals surface area contributed by atoms with Crippen LogP contribution in [-0.2, 0) is 19.1 Å². The molecule has 1 saturated heterocycles. The van der Waals surface area contributed by atoms with Gasteiger partial charge in [-0.3, -0.25) is 9.69 Å². The van der Waals surface area contributed by atoms with Gasteiger partial charge in [0, 0.05) is 18.7 Å². The third kappa shape index (κ3) is 3.83. The van der Waals surface area contributed by atoms with Crippen LogP contribution in [0.15, 0.2) is 12.2 Å². The summed E-state index contributed by atoms with van der Waals surface area (Å²) in [7, 11) is 0. The number of hydrogen-bond donors (Lipinski definition) is 1. The van der Waals surface area contributed by atoms with Gasteiger partial charge in [-0.25, -0.2) is 4.79 Å². The zero-order chi connectivity index (χ0) is 12.8. The van der Waals surface area contributed by atoms with Crippen LogP contribution in [0.5, 0.6) is 0 Å². The number of nitrogens with two attached hydrogens (primary N) is 1. The Morgan fingerprint density at radius 2 is 2.29 bits per heavy atom. The zero-order valence-electron chi connectivity index (χ0n) is 9.98. The number of amides is 1. The zero-order valence-corrected chi connectivity index (χ0v) is 9.98. The normalized spacial score (nSPS) is 20.9. The minimum absolute atomic E-state index is 0.255. The second kappa shape index (κ2) is 6.36. The van der Waals surface area contributed by atoms with Crippen LogP contribution >= 0.6 is 0 Å². The van der Waals surface area contributed by atoms with Gasteiger partial charge in [-0.05, 0) is 6.92 Å². The molecule has 1 rings (SSSR count). The van der Waals surface area contributed by atoms with Gasteiger partial charge in [0.05, 0.1) is 19.8 Å². The molecule has 1 fully saturated rings. The average Bonchev–Trinajstić information content (AvgIpc) is 2.29. The van der Waals surface area contributed by atoms with Crippen LogP contribution < -0.4 is 5.73 Å². The monoisotopic (exact) mass is 242 g/mol. The lowest BCUT2D eigenvalue weighted by Gasteiger charge is -2.33. The molecule has 6 heteroatoms. The van der Waals surface area contributed by atoms with Gasteiger partial charge in [0.25, 0.3) is 0 Å². The molecule has 0 radical (unpaired) electrons. The number of carbonyl (C=O) groups is 2.